The third-order valence-corrected chi connectivity index (χ3v) is 4.60. The first kappa shape index (κ1) is 17.0. The first-order chi connectivity index (χ1) is 12.0. The van der Waals surface area contributed by atoms with Crippen LogP contribution in [0.1, 0.15) is 19.3 Å². The van der Waals surface area contributed by atoms with Gasteiger partial charge in [-0.25, -0.2) is 0 Å². The summed E-state index contributed by atoms with van der Waals surface area (Å²) in [7, 11) is 1.72. The van der Waals surface area contributed by atoms with Crippen LogP contribution < -0.4 is 5.32 Å². The van der Waals surface area contributed by atoms with Crippen LogP contribution in [0.4, 0.5) is 5.69 Å². The van der Waals surface area contributed by atoms with Crippen molar-refractivity contribution in [2.24, 2.45) is 5.92 Å². The molecule has 1 aromatic carbocycles. The standard InChI is InChI=1S/C18H21N3O4/c1-20-9-3-2-5-13(18(20)25)17(24)19-14-6-4-7-15-12(14)8-10-21(15)11-16(22)23/h4,6-8,10,13H,2-3,5,9,11H2,1H3,(H,19,24)(H,22,23). The monoisotopic (exact) mass is 343 g/mol. The van der Waals surface area contributed by atoms with Crippen LogP contribution in [0.2, 0.25) is 0 Å². The minimum absolute atomic E-state index is 0.146. The largest absolute Gasteiger partial charge is 0.480 e. The number of carbonyl (C=O) groups is 3. The van der Waals surface area contributed by atoms with Gasteiger partial charge in [0.15, 0.2) is 0 Å². The number of likely N-dealkylation sites (tertiary alicyclic amines) is 1. The van der Waals surface area contributed by atoms with Crippen molar-refractivity contribution in [1.29, 1.82) is 0 Å². The lowest BCUT2D eigenvalue weighted by Crippen LogP contribution is -2.38. The van der Waals surface area contributed by atoms with E-state index in [4.69, 9.17) is 5.11 Å². The van der Waals surface area contributed by atoms with Crippen LogP contribution >= 0.6 is 0 Å². The number of carbonyl (C=O) groups excluding carboxylic acids is 2. The number of hydrogen-bond acceptors (Lipinski definition) is 3. The molecule has 7 heteroatoms. The number of amides is 2. The van der Waals surface area contributed by atoms with Crippen molar-refractivity contribution in [3.05, 3.63) is 30.5 Å². The van der Waals surface area contributed by atoms with Gasteiger partial charge in [0.1, 0.15) is 12.5 Å². The molecule has 1 aliphatic heterocycles. The molecule has 0 bridgehead atoms. The van der Waals surface area contributed by atoms with Crippen LogP contribution in [0.25, 0.3) is 10.9 Å². The number of rotatable bonds is 4. The predicted octanol–water partition coefficient (Wildman–Crippen LogP) is 1.92. The van der Waals surface area contributed by atoms with Crippen LogP contribution in [0.3, 0.4) is 0 Å². The van der Waals surface area contributed by atoms with E-state index in [1.54, 1.807) is 47.0 Å². The second kappa shape index (κ2) is 6.96. The number of benzene rings is 1. The molecular weight excluding hydrogens is 322 g/mol. The van der Waals surface area contributed by atoms with Crippen LogP contribution in [-0.2, 0) is 20.9 Å². The summed E-state index contributed by atoms with van der Waals surface area (Å²) in [5.41, 5.74) is 1.32. The lowest BCUT2D eigenvalue weighted by Gasteiger charge is -2.19. The van der Waals surface area contributed by atoms with E-state index in [2.05, 4.69) is 5.32 Å². The van der Waals surface area contributed by atoms with E-state index in [1.807, 2.05) is 0 Å². The van der Waals surface area contributed by atoms with Gasteiger partial charge >= 0.3 is 5.97 Å². The fourth-order valence-electron chi connectivity index (χ4n) is 3.28. The van der Waals surface area contributed by atoms with Crippen LogP contribution in [0.5, 0.6) is 0 Å². The minimum Gasteiger partial charge on any atom is -0.480 e. The Morgan fingerprint density at radius 3 is 2.84 bits per heavy atom. The van der Waals surface area contributed by atoms with Crippen LogP contribution in [0, 0.1) is 5.92 Å². The van der Waals surface area contributed by atoms with E-state index in [-0.39, 0.29) is 18.4 Å². The molecule has 1 aliphatic rings. The second-order valence-electron chi connectivity index (χ2n) is 6.37. The highest BCUT2D eigenvalue weighted by molar-refractivity contribution is 6.09. The number of hydrogen-bond donors (Lipinski definition) is 2. The summed E-state index contributed by atoms with van der Waals surface area (Å²) in [4.78, 5) is 37.6. The van der Waals surface area contributed by atoms with E-state index in [0.29, 0.717) is 18.7 Å². The molecule has 2 amide bonds. The third-order valence-electron chi connectivity index (χ3n) is 4.60. The van der Waals surface area contributed by atoms with Crippen LogP contribution in [0.15, 0.2) is 30.5 Å². The average Bonchev–Trinajstić information content (AvgIpc) is 2.89. The Kier molecular flexibility index (Phi) is 4.74. The molecule has 1 fully saturated rings. The van der Waals surface area contributed by atoms with Crippen molar-refractivity contribution in [2.45, 2.75) is 25.8 Å². The number of aromatic nitrogens is 1. The highest BCUT2D eigenvalue weighted by Gasteiger charge is 2.31. The Bertz CT molecular complexity index is 827. The van der Waals surface area contributed by atoms with Gasteiger partial charge in [0.05, 0.1) is 11.2 Å². The smallest absolute Gasteiger partial charge is 0.323 e. The fraction of sp³-hybridized carbons (Fsp3) is 0.389. The van der Waals surface area contributed by atoms with Crippen molar-refractivity contribution in [3.63, 3.8) is 0 Å². The maximum Gasteiger partial charge on any atom is 0.323 e. The second-order valence-corrected chi connectivity index (χ2v) is 6.37. The molecule has 1 saturated heterocycles. The van der Waals surface area contributed by atoms with E-state index >= 15 is 0 Å². The van der Waals surface area contributed by atoms with E-state index < -0.39 is 11.9 Å². The summed E-state index contributed by atoms with van der Waals surface area (Å²) in [5.74, 6) is -2.06. The minimum atomic E-state index is -0.931. The Balaban J connectivity index is 1.85. The number of nitrogens with one attached hydrogen (secondary N) is 1. The van der Waals surface area contributed by atoms with Gasteiger partial charge in [-0.15, -0.1) is 0 Å². The molecule has 132 valence electrons. The van der Waals surface area contributed by atoms with Gasteiger partial charge < -0.3 is 19.9 Å². The highest BCUT2D eigenvalue weighted by atomic mass is 16.4. The summed E-state index contributed by atoms with van der Waals surface area (Å²) >= 11 is 0. The topological polar surface area (TPSA) is 91.6 Å². The molecule has 25 heavy (non-hydrogen) atoms. The van der Waals surface area contributed by atoms with Gasteiger partial charge in [0.2, 0.25) is 11.8 Å². The van der Waals surface area contributed by atoms with Gasteiger partial charge in [-0.05, 0) is 31.0 Å². The van der Waals surface area contributed by atoms with Gasteiger partial charge in [0.25, 0.3) is 0 Å². The lowest BCUT2D eigenvalue weighted by atomic mass is 10.0. The Labute approximate surface area is 145 Å². The molecule has 0 saturated carbocycles. The summed E-state index contributed by atoms with van der Waals surface area (Å²) in [5, 5.41) is 12.6. The molecule has 1 atom stereocenters. The molecule has 0 radical (unpaired) electrons. The molecule has 0 aliphatic carbocycles. The van der Waals surface area contributed by atoms with Crippen molar-refractivity contribution >= 4 is 34.4 Å². The number of aliphatic carboxylic acids is 1. The summed E-state index contributed by atoms with van der Waals surface area (Å²) < 4.78 is 1.61. The number of nitrogens with zero attached hydrogens (tertiary/aromatic N) is 2. The maximum absolute atomic E-state index is 12.6. The zero-order valence-electron chi connectivity index (χ0n) is 14.1. The Hall–Kier alpha value is -2.83. The maximum atomic E-state index is 12.6. The zero-order valence-corrected chi connectivity index (χ0v) is 14.1. The third kappa shape index (κ3) is 3.50. The predicted molar refractivity (Wildman–Crippen MR) is 93.2 cm³/mol. The van der Waals surface area contributed by atoms with E-state index in [0.717, 1.165) is 23.7 Å². The number of carboxylic acids is 1. The molecule has 0 spiro atoms. The van der Waals surface area contributed by atoms with Crippen LogP contribution in [-0.4, -0.2) is 45.9 Å². The lowest BCUT2D eigenvalue weighted by molar-refractivity contribution is -0.139. The highest BCUT2D eigenvalue weighted by Crippen LogP contribution is 2.26. The van der Waals surface area contributed by atoms with Crippen molar-refractivity contribution in [1.82, 2.24) is 9.47 Å². The van der Waals surface area contributed by atoms with Crippen molar-refractivity contribution in [3.8, 4) is 0 Å². The molecule has 1 unspecified atom stereocenters. The fourth-order valence-corrected chi connectivity index (χ4v) is 3.28. The molecule has 2 N–H and O–H groups in total. The molecule has 7 nitrogen and oxygen atoms in total. The quantitative estimate of drug-likeness (QED) is 0.830. The van der Waals surface area contributed by atoms with Gasteiger partial charge in [-0.1, -0.05) is 12.5 Å². The van der Waals surface area contributed by atoms with Gasteiger partial charge in [-0.2, -0.15) is 0 Å². The molecule has 3 rings (SSSR count). The SMILES string of the molecule is CN1CCCCC(C(=O)Nc2cccc3c2ccn3CC(=O)O)C1=O. The van der Waals surface area contributed by atoms with Gasteiger partial charge in [0, 0.05) is 25.2 Å². The first-order valence-corrected chi connectivity index (χ1v) is 8.33. The Morgan fingerprint density at radius 2 is 2.08 bits per heavy atom. The first-order valence-electron chi connectivity index (χ1n) is 8.33. The molecule has 1 aromatic heterocycles. The summed E-state index contributed by atoms with van der Waals surface area (Å²) in [6.07, 6.45) is 3.97. The molecule has 2 heterocycles. The number of fused-ring (bicyclic) bond motifs is 1. The van der Waals surface area contributed by atoms with Crippen molar-refractivity contribution < 1.29 is 19.5 Å². The Morgan fingerprint density at radius 1 is 1.28 bits per heavy atom. The number of carboxylic acid groups (broad SMARTS) is 1. The summed E-state index contributed by atoms with van der Waals surface area (Å²) in [6.45, 7) is 0.531. The van der Waals surface area contributed by atoms with Crippen molar-refractivity contribution in [2.75, 3.05) is 18.9 Å². The van der Waals surface area contributed by atoms with E-state index in [9.17, 15) is 14.4 Å². The van der Waals surface area contributed by atoms with Gasteiger partial charge in [-0.3, -0.25) is 14.4 Å². The molecular formula is C18H21N3O4. The zero-order chi connectivity index (χ0) is 18.0. The van der Waals surface area contributed by atoms with E-state index in [1.165, 1.54) is 0 Å². The normalized spacial score (nSPS) is 18.2. The molecule has 2 aromatic rings. The number of anilines is 1. The summed E-state index contributed by atoms with van der Waals surface area (Å²) in [6, 6.07) is 7.10. The average molecular weight is 343 g/mol.